The lowest BCUT2D eigenvalue weighted by Gasteiger charge is -2.15. The monoisotopic (exact) mass is 331 g/mol. The summed E-state index contributed by atoms with van der Waals surface area (Å²) in [6, 6.07) is 4.51. The standard InChI is InChI=1S/C18H25N3O3/c1-4-5-6-9-19-18(24)20-13-7-8-14-15(10-13)17(23)21(16(14)22)11-12(2)3/h7-8,10,12H,4-6,9,11H2,1-3H3,(H2,19,20,24). The third kappa shape index (κ3) is 4.13. The van der Waals surface area contributed by atoms with E-state index in [1.807, 2.05) is 13.8 Å². The first-order chi connectivity index (χ1) is 11.4. The normalized spacial score (nSPS) is 13.4. The highest BCUT2D eigenvalue weighted by molar-refractivity contribution is 6.21. The minimum Gasteiger partial charge on any atom is -0.338 e. The van der Waals surface area contributed by atoms with Gasteiger partial charge in [-0.2, -0.15) is 0 Å². The molecule has 0 aliphatic carbocycles. The van der Waals surface area contributed by atoms with E-state index < -0.39 is 0 Å². The van der Waals surface area contributed by atoms with Gasteiger partial charge in [0.2, 0.25) is 0 Å². The van der Waals surface area contributed by atoms with Crippen LogP contribution in [0.1, 0.15) is 60.7 Å². The summed E-state index contributed by atoms with van der Waals surface area (Å²) >= 11 is 0. The van der Waals surface area contributed by atoms with Crippen molar-refractivity contribution in [3.05, 3.63) is 29.3 Å². The first-order valence-electron chi connectivity index (χ1n) is 8.49. The van der Waals surface area contributed by atoms with Crippen LogP contribution in [0.15, 0.2) is 18.2 Å². The van der Waals surface area contributed by atoms with Gasteiger partial charge in [-0.25, -0.2) is 4.79 Å². The molecule has 1 aromatic rings. The van der Waals surface area contributed by atoms with Crippen molar-refractivity contribution in [1.29, 1.82) is 0 Å². The predicted molar refractivity (Wildman–Crippen MR) is 93.2 cm³/mol. The minimum atomic E-state index is -0.304. The van der Waals surface area contributed by atoms with Crippen molar-refractivity contribution in [3.8, 4) is 0 Å². The Morgan fingerprint density at radius 2 is 1.83 bits per heavy atom. The zero-order chi connectivity index (χ0) is 17.7. The number of benzene rings is 1. The zero-order valence-corrected chi connectivity index (χ0v) is 14.5. The molecule has 1 heterocycles. The highest BCUT2D eigenvalue weighted by atomic mass is 16.2. The summed E-state index contributed by atoms with van der Waals surface area (Å²) in [6.07, 6.45) is 3.10. The van der Waals surface area contributed by atoms with Crippen molar-refractivity contribution in [3.63, 3.8) is 0 Å². The van der Waals surface area contributed by atoms with E-state index in [0.717, 1.165) is 19.3 Å². The lowest BCUT2D eigenvalue weighted by Crippen LogP contribution is -2.33. The fourth-order valence-corrected chi connectivity index (χ4v) is 2.65. The van der Waals surface area contributed by atoms with Crippen molar-refractivity contribution < 1.29 is 14.4 Å². The second-order valence-corrected chi connectivity index (χ2v) is 6.46. The van der Waals surface area contributed by atoms with Gasteiger partial charge < -0.3 is 10.6 Å². The maximum absolute atomic E-state index is 12.4. The summed E-state index contributed by atoms with van der Waals surface area (Å²) in [5.74, 6) is -0.353. The number of carbonyl (C=O) groups is 3. The molecule has 0 saturated heterocycles. The predicted octanol–water partition coefficient (Wildman–Crippen LogP) is 3.25. The Kier molecular flexibility index (Phi) is 5.95. The summed E-state index contributed by atoms with van der Waals surface area (Å²) in [6.45, 7) is 7.03. The van der Waals surface area contributed by atoms with Crippen LogP contribution in [0.2, 0.25) is 0 Å². The molecule has 0 saturated carbocycles. The van der Waals surface area contributed by atoms with Crippen LogP contribution in [0, 0.1) is 5.92 Å². The number of carbonyl (C=O) groups excluding carboxylic acids is 3. The molecule has 2 N–H and O–H groups in total. The lowest BCUT2D eigenvalue weighted by molar-refractivity contribution is 0.0636. The fraction of sp³-hybridized carbons (Fsp3) is 0.500. The molecule has 6 heteroatoms. The van der Waals surface area contributed by atoms with Gasteiger partial charge in [-0.15, -0.1) is 0 Å². The van der Waals surface area contributed by atoms with Gasteiger partial charge in [0.15, 0.2) is 0 Å². The maximum atomic E-state index is 12.4. The van der Waals surface area contributed by atoms with Crippen LogP contribution in [-0.4, -0.2) is 35.8 Å². The van der Waals surface area contributed by atoms with Gasteiger partial charge >= 0.3 is 6.03 Å². The molecule has 0 bridgehead atoms. The molecule has 0 spiro atoms. The largest absolute Gasteiger partial charge is 0.338 e. The minimum absolute atomic E-state index is 0.207. The molecule has 1 aliphatic rings. The molecule has 4 amide bonds. The number of hydrogen-bond donors (Lipinski definition) is 2. The number of unbranched alkanes of at least 4 members (excludes halogenated alkanes) is 2. The molecule has 0 radical (unpaired) electrons. The second-order valence-electron chi connectivity index (χ2n) is 6.46. The molecule has 1 aliphatic heterocycles. The molecule has 6 nitrogen and oxygen atoms in total. The van der Waals surface area contributed by atoms with E-state index in [9.17, 15) is 14.4 Å². The molecule has 2 rings (SSSR count). The van der Waals surface area contributed by atoms with Crippen LogP contribution in [0.3, 0.4) is 0 Å². The summed E-state index contributed by atoms with van der Waals surface area (Å²) in [4.78, 5) is 37.8. The van der Waals surface area contributed by atoms with Crippen molar-refractivity contribution in [2.75, 3.05) is 18.4 Å². The zero-order valence-electron chi connectivity index (χ0n) is 14.5. The first kappa shape index (κ1) is 18.0. The van der Waals surface area contributed by atoms with Gasteiger partial charge in [0.05, 0.1) is 11.1 Å². The Morgan fingerprint density at radius 3 is 2.50 bits per heavy atom. The van der Waals surface area contributed by atoms with Gasteiger partial charge in [-0.3, -0.25) is 14.5 Å². The topological polar surface area (TPSA) is 78.5 Å². The molecular weight excluding hydrogens is 306 g/mol. The van der Waals surface area contributed by atoms with E-state index in [-0.39, 0.29) is 23.8 Å². The number of anilines is 1. The highest BCUT2D eigenvalue weighted by Crippen LogP contribution is 2.26. The van der Waals surface area contributed by atoms with E-state index in [0.29, 0.717) is 29.9 Å². The van der Waals surface area contributed by atoms with Gasteiger partial charge in [0.25, 0.3) is 11.8 Å². The third-order valence-corrected chi connectivity index (χ3v) is 3.84. The Bertz CT molecular complexity index is 640. The van der Waals surface area contributed by atoms with Crippen LogP contribution >= 0.6 is 0 Å². The highest BCUT2D eigenvalue weighted by Gasteiger charge is 2.35. The van der Waals surface area contributed by atoms with Crippen molar-refractivity contribution in [1.82, 2.24) is 10.2 Å². The average molecular weight is 331 g/mol. The van der Waals surface area contributed by atoms with Crippen LogP contribution < -0.4 is 10.6 Å². The molecule has 0 fully saturated rings. The summed E-state index contributed by atoms with van der Waals surface area (Å²) in [5.41, 5.74) is 1.26. The third-order valence-electron chi connectivity index (χ3n) is 3.84. The summed E-state index contributed by atoms with van der Waals surface area (Å²) in [7, 11) is 0. The smallest absolute Gasteiger partial charge is 0.319 e. The van der Waals surface area contributed by atoms with Crippen LogP contribution in [-0.2, 0) is 0 Å². The lowest BCUT2D eigenvalue weighted by atomic mass is 10.1. The number of rotatable bonds is 7. The van der Waals surface area contributed by atoms with E-state index in [1.54, 1.807) is 18.2 Å². The number of nitrogens with one attached hydrogen (secondary N) is 2. The quantitative estimate of drug-likeness (QED) is 0.594. The van der Waals surface area contributed by atoms with Gasteiger partial charge in [0.1, 0.15) is 0 Å². The van der Waals surface area contributed by atoms with Crippen LogP contribution in [0.25, 0.3) is 0 Å². The number of imide groups is 1. The Labute approximate surface area is 142 Å². The van der Waals surface area contributed by atoms with E-state index in [1.165, 1.54) is 4.90 Å². The van der Waals surface area contributed by atoms with Crippen molar-refractivity contribution in [2.24, 2.45) is 5.92 Å². The van der Waals surface area contributed by atoms with Crippen molar-refractivity contribution in [2.45, 2.75) is 40.0 Å². The molecule has 0 unspecified atom stereocenters. The van der Waals surface area contributed by atoms with Gasteiger partial charge in [0, 0.05) is 18.8 Å². The van der Waals surface area contributed by atoms with E-state index in [2.05, 4.69) is 17.6 Å². The molecule has 0 aromatic heterocycles. The molecule has 1 aromatic carbocycles. The van der Waals surface area contributed by atoms with Crippen LogP contribution in [0.4, 0.5) is 10.5 Å². The number of fused-ring (bicyclic) bond motifs is 1. The van der Waals surface area contributed by atoms with Crippen LogP contribution in [0.5, 0.6) is 0 Å². The molecule has 24 heavy (non-hydrogen) atoms. The number of nitrogens with zero attached hydrogens (tertiary/aromatic N) is 1. The molecule has 130 valence electrons. The Hall–Kier alpha value is -2.37. The van der Waals surface area contributed by atoms with E-state index in [4.69, 9.17) is 0 Å². The number of urea groups is 1. The number of amides is 4. The average Bonchev–Trinajstić information content (AvgIpc) is 2.76. The second kappa shape index (κ2) is 7.95. The van der Waals surface area contributed by atoms with E-state index >= 15 is 0 Å². The fourth-order valence-electron chi connectivity index (χ4n) is 2.65. The van der Waals surface area contributed by atoms with Gasteiger partial charge in [-0.1, -0.05) is 33.6 Å². The SMILES string of the molecule is CCCCCNC(=O)Nc1ccc2c(c1)C(=O)N(CC(C)C)C2=O. The summed E-state index contributed by atoms with van der Waals surface area (Å²) < 4.78 is 0. The maximum Gasteiger partial charge on any atom is 0.319 e. The van der Waals surface area contributed by atoms with Gasteiger partial charge in [-0.05, 0) is 30.5 Å². The Morgan fingerprint density at radius 1 is 1.12 bits per heavy atom. The summed E-state index contributed by atoms with van der Waals surface area (Å²) in [5, 5.41) is 5.48. The molecule has 0 atom stereocenters. The Balaban J connectivity index is 2.02. The van der Waals surface area contributed by atoms with Crippen molar-refractivity contribution >= 4 is 23.5 Å². The first-order valence-corrected chi connectivity index (χ1v) is 8.49. The molecular formula is C18H25N3O3. The number of hydrogen-bond acceptors (Lipinski definition) is 3.